The largest absolute Gasteiger partial charge is 0.490 e. The smallest absolute Gasteiger partial charge is 0.416 e. The van der Waals surface area contributed by atoms with E-state index in [-0.39, 0.29) is 30.2 Å². The minimum atomic E-state index is -4.44. The average Bonchev–Trinajstić information content (AvgIpc) is 3.42. The maximum Gasteiger partial charge on any atom is 0.416 e. The molecule has 4 rings (SSSR count). The topological polar surface area (TPSA) is 79.0 Å². The minimum Gasteiger partial charge on any atom is -0.490 e. The fourth-order valence-corrected chi connectivity index (χ4v) is 4.40. The molecule has 2 fully saturated rings. The summed E-state index contributed by atoms with van der Waals surface area (Å²) < 4.78 is 44.4. The molecule has 3 amide bonds. The maximum absolute atomic E-state index is 12.9. The van der Waals surface area contributed by atoms with Crippen LogP contribution in [0.15, 0.2) is 48.5 Å². The molecule has 0 spiro atoms. The lowest BCUT2D eigenvalue weighted by Crippen LogP contribution is -2.46. The lowest BCUT2D eigenvalue weighted by atomic mass is 10.1. The molecule has 0 radical (unpaired) electrons. The van der Waals surface area contributed by atoms with Gasteiger partial charge in [0.2, 0.25) is 5.91 Å². The highest BCUT2D eigenvalue weighted by Gasteiger charge is 2.31. The number of hydrogen-bond donors (Lipinski definition) is 1. The minimum absolute atomic E-state index is 0.0462. The highest BCUT2D eigenvalue weighted by Crippen LogP contribution is 2.32. The second kappa shape index (κ2) is 11.0. The van der Waals surface area contributed by atoms with E-state index < -0.39 is 17.6 Å². The molecule has 2 aromatic rings. The van der Waals surface area contributed by atoms with Crippen LogP contribution in [-0.4, -0.2) is 66.3 Å². The van der Waals surface area contributed by atoms with Gasteiger partial charge in [0.25, 0.3) is 11.8 Å². The van der Waals surface area contributed by atoms with Crippen molar-refractivity contribution in [1.29, 1.82) is 0 Å². The number of likely N-dealkylation sites (tertiary alicyclic amines) is 2. The van der Waals surface area contributed by atoms with E-state index in [4.69, 9.17) is 4.74 Å². The molecule has 2 heterocycles. The van der Waals surface area contributed by atoms with Crippen LogP contribution in [0.4, 0.5) is 13.2 Å². The van der Waals surface area contributed by atoms with Crippen molar-refractivity contribution in [3.8, 4) is 5.75 Å². The Morgan fingerprint density at radius 2 is 1.53 bits per heavy atom. The van der Waals surface area contributed by atoms with Crippen LogP contribution in [-0.2, 0) is 11.0 Å². The van der Waals surface area contributed by atoms with Crippen molar-refractivity contribution in [2.24, 2.45) is 0 Å². The molecule has 192 valence electrons. The summed E-state index contributed by atoms with van der Waals surface area (Å²) >= 11 is 0. The summed E-state index contributed by atoms with van der Waals surface area (Å²) in [6.45, 7) is 2.08. The van der Waals surface area contributed by atoms with Gasteiger partial charge in [-0.1, -0.05) is 6.07 Å². The Hall–Kier alpha value is -3.56. The van der Waals surface area contributed by atoms with E-state index in [9.17, 15) is 27.6 Å². The standard InChI is InChI=1S/C26H28F3N3O4/c27-26(28,29)20-4-3-5-22(16-20)36-21-10-14-31(15-11-21)23(33)17-30-24(34)18-6-8-19(9-7-18)25(35)32-12-1-2-13-32/h3-9,16,21H,1-2,10-15,17H2,(H,30,34). The first-order chi connectivity index (χ1) is 17.2. The molecular formula is C26H28F3N3O4. The van der Waals surface area contributed by atoms with Gasteiger partial charge in [-0.15, -0.1) is 0 Å². The zero-order valence-corrected chi connectivity index (χ0v) is 19.7. The number of nitrogens with zero attached hydrogens (tertiary/aromatic N) is 2. The first kappa shape index (κ1) is 25.5. The summed E-state index contributed by atoms with van der Waals surface area (Å²) in [5.41, 5.74) is 0.116. The Balaban J connectivity index is 1.21. The summed E-state index contributed by atoms with van der Waals surface area (Å²) in [6, 6.07) is 11.1. The Morgan fingerprint density at radius 1 is 0.889 bits per heavy atom. The average molecular weight is 504 g/mol. The molecule has 2 aliphatic rings. The van der Waals surface area contributed by atoms with E-state index in [1.54, 1.807) is 34.1 Å². The van der Waals surface area contributed by atoms with Crippen molar-refractivity contribution in [2.75, 3.05) is 32.7 Å². The number of alkyl halides is 3. The number of nitrogens with one attached hydrogen (secondary N) is 1. The van der Waals surface area contributed by atoms with Crippen LogP contribution in [0.2, 0.25) is 0 Å². The summed E-state index contributed by atoms with van der Waals surface area (Å²) in [5, 5.41) is 2.61. The van der Waals surface area contributed by atoms with Gasteiger partial charge in [0.1, 0.15) is 11.9 Å². The summed E-state index contributed by atoms with van der Waals surface area (Å²) in [5.74, 6) is -0.557. The Labute approximate surface area is 207 Å². The number of hydrogen-bond acceptors (Lipinski definition) is 4. The second-order valence-corrected chi connectivity index (χ2v) is 8.98. The van der Waals surface area contributed by atoms with Crippen LogP contribution in [0.1, 0.15) is 52.0 Å². The predicted molar refractivity (Wildman–Crippen MR) is 126 cm³/mol. The van der Waals surface area contributed by atoms with Gasteiger partial charge in [0.15, 0.2) is 0 Å². The van der Waals surface area contributed by atoms with Gasteiger partial charge in [-0.2, -0.15) is 13.2 Å². The number of carbonyl (C=O) groups excluding carboxylic acids is 3. The Kier molecular flexibility index (Phi) is 7.81. The molecule has 10 heteroatoms. The van der Waals surface area contributed by atoms with E-state index in [0.29, 0.717) is 37.1 Å². The number of ether oxygens (including phenoxy) is 1. The normalized spacial score (nSPS) is 16.6. The zero-order chi connectivity index (χ0) is 25.7. The second-order valence-electron chi connectivity index (χ2n) is 8.98. The highest BCUT2D eigenvalue weighted by molar-refractivity contribution is 5.99. The number of halogens is 3. The van der Waals surface area contributed by atoms with E-state index in [1.807, 2.05) is 0 Å². The van der Waals surface area contributed by atoms with Crippen LogP contribution in [0.3, 0.4) is 0 Å². The Morgan fingerprint density at radius 3 is 2.17 bits per heavy atom. The summed E-state index contributed by atoms with van der Waals surface area (Å²) in [6.07, 6.45) is -1.78. The SMILES string of the molecule is O=C(NCC(=O)N1CCC(Oc2cccc(C(F)(F)F)c2)CC1)c1ccc(C(=O)N2CCCC2)cc1. The van der Waals surface area contributed by atoms with Crippen LogP contribution < -0.4 is 10.1 Å². The van der Waals surface area contributed by atoms with Crippen molar-refractivity contribution >= 4 is 17.7 Å². The van der Waals surface area contributed by atoms with Crippen LogP contribution in [0.25, 0.3) is 0 Å². The van der Waals surface area contributed by atoms with Gasteiger partial charge in [0.05, 0.1) is 12.1 Å². The van der Waals surface area contributed by atoms with Crippen molar-refractivity contribution in [3.05, 3.63) is 65.2 Å². The maximum atomic E-state index is 12.9. The molecule has 2 aromatic carbocycles. The van der Waals surface area contributed by atoms with Gasteiger partial charge < -0.3 is 19.9 Å². The van der Waals surface area contributed by atoms with Crippen molar-refractivity contribution < 1.29 is 32.3 Å². The van der Waals surface area contributed by atoms with Crippen LogP contribution in [0.5, 0.6) is 5.75 Å². The molecule has 0 saturated carbocycles. The van der Waals surface area contributed by atoms with Crippen molar-refractivity contribution in [1.82, 2.24) is 15.1 Å². The number of benzene rings is 2. The Bertz CT molecular complexity index is 1090. The molecule has 2 aliphatic heterocycles. The van der Waals surface area contributed by atoms with E-state index in [2.05, 4.69) is 5.32 Å². The first-order valence-electron chi connectivity index (χ1n) is 12.0. The first-order valence-corrected chi connectivity index (χ1v) is 12.0. The molecule has 0 aromatic heterocycles. The van der Waals surface area contributed by atoms with Crippen molar-refractivity contribution in [3.63, 3.8) is 0 Å². The third kappa shape index (κ3) is 6.35. The van der Waals surface area contributed by atoms with E-state index in [0.717, 1.165) is 38.1 Å². The molecular weight excluding hydrogens is 475 g/mol. The van der Waals surface area contributed by atoms with Gasteiger partial charge in [0, 0.05) is 50.1 Å². The molecule has 1 N–H and O–H groups in total. The molecule has 0 bridgehead atoms. The number of rotatable bonds is 6. The van der Waals surface area contributed by atoms with E-state index in [1.165, 1.54) is 12.1 Å². The lowest BCUT2D eigenvalue weighted by molar-refractivity contribution is -0.138. The number of piperidine rings is 1. The van der Waals surface area contributed by atoms with E-state index >= 15 is 0 Å². The molecule has 0 aliphatic carbocycles. The third-order valence-corrected chi connectivity index (χ3v) is 6.45. The summed E-state index contributed by atoms with van der Waals surface area (Å²) in [4.78, 5) is 40.8. The highest BCUT2D eigenvalue weighted by atomic mass is 19.4. The third-order valence-electron chi connectivity index (χ3n) is 6.45. The van der Waals surface area contributed by atoms with Crippen LogP contribution in [0, 0.1) is 0 Å². The fraction of sp³-hybridized carbons (Fsp3) is 0.423. The van der Waals surface area contributed by atoms with Crippen LogP contribution >= 0.6 is 0 Å². The monoisotopic (exact) mass is 503 g/mol. The molecule has 0 unspecified atom stereocenters. The van der Waals surface area contributed by atoms with Gasteiger partial charge in [-0.05, 0) is 55.3 Å². The molecule has 0 atom stereocenters. The van der Waals surface area contributed by atoms with Gasteiger partial charge in [-0.3, -0.25) is 14.4 Å². The van der Waals surface area contributed by atoms with Gasteiger partial charge >= 0.3 is 6.18 Å². The number of carbonyl (C=O) groups is 3. The van der Waals surface area contributed by atoms with Gasteiger partial charge in [-0.25, -0.2) is 0 Å². The summed E-state index contributed by atoms with van der Waals surface area (Å²) in [7, 11) is 0. The number of amides is 3. The van der Waals surface area contributed by atoms with Crippen molar-refractivity contribution in [2.45, 2.75) is 38.0 Å². The predicted octanol–water partition coefficient (Wildman–Crippen LogP) is 3.74. The molecule has 2 saturated heterocycles. The quantitative estimate of drug-likeness (QED) is 0.652. The molecule has 36 heavy (non-hydrogen) atoms. The molecule has 7 nitrogen and oxygen atoms in total. The fourth-order valence-electron chi connectivity index (χ4n) is 4.40. The lowest BCUT2D eigenvalue weighted by Gasteiger charge is -2.32. The zero-order valence-electron chi connectivity index (χ0n) is 19.7.